The molecule has 1 amide bonds. The molecule has 0 spiro atoms. The van der Waals surface area contributed by atoms with Crippen molar-refractivity contribution in [3.8, 4) is 5.69 Å². The molecule has 122 valence electrons. The second-order valence-electron chi connectivity index (χ2n) is 5.08. The predicted molar refractivity (Wildman–Crippen MR) is 96.6 cm³/mol. The van der Waals surface area contributed by atoms with Crippen molar-refractivity contribution in [3.63, 3.8) is 0 Å². The number of hydrogen-bond acceptors (Lipinski definition) is 4. The number of nitrogens with zero attached hydrogens (tertiary/aromatic N) is 4. The molecule has 0 bridgehead atoms. The lowest BCUT2D eigenvalue weighted by Gasteiger charge is -2.20. The van der Waals surface area contributed by atoms with Gasteiger partial charge in [-0.25, -0.2) is 0 Å². The van der Waals surface area contributed by atoms with E-state index in [-0.39, 0.29) is 5.91 Å². The monoisotopic (exact) mass is 338 g/mol. The van der Waals surface area contributed by atoms with Crippen LogP contribution in [0.5, 0.6) is 0 Å². The zero-order valence-electron chi connectivity index (χ0n) is 13.4. The molecule has 0 fully saturated rings. The van der Waals surface area contributed by atoms with Gasteiger partial charge in [0.25, 0.3) is 0 Å². The maximum Gasteiger partial charge on any atom is 0.237 e. The van der Waals surface area contributed by atoms with Crippen LogP contribution in [-0.4, -0.2) is 33.0 Å². The van der Waals surface area contributed by atoms with Crippen LogP contribution in [0, 0.1) is 0 Å². The van der Waals surface area contributed by atoms with E-state index in [4.69, 9.17) is 0 Å². The Labute approximate surface area is 145 Å². The first kappa shape index (κ1) is 16.3. The first-order valence-electron chi connectivity index (χ1n) is 7.73. The largest absolute Gasteiger partial charge is 0.312 e. The van der Waals surface area contributed by atoms with Gasteiger partial charge in [-0.3, -0.25) is 9.36 Å². The van der Waals surface area contributed by atoms with E-state index in [0.717, 1.165) is 11.4 Å². The maximum absolute atomic E-state index is 12.6. The van der Waals surface area contributed by atoms with Gasteiger partial charge in [0.05, 0.1) is 5.75 Å². The van der Waals surface area contributed by atoms with Crippen molar-refractivity contribution in [2.45, 2.75) is 12.1 Å². The Kier molecular flexibility index (Phi) is 5.28. The van der Waals surface area contributed by atoms with E-state index in [1.165, 1.54) is 11.8 Å². The topological polar surface area (TPSA) is 51.0 Å². The van der Waals surface area contributed by atoms with E-state index in [1.54, 1.807) is 11.2 Å². The number of benzene rings is 2. The smallest absolute Gasteiger partial charge is 0.237 e. The lowest BCUT2D eigenvalue weighted by molar-refractivity contribution is -0.116. The highest BCUT2D eigenvalue weighted by molar-refractivity contribution is 7.99. The molecule has 0 aliphatic heterocycles. The van der Waals surface area contributed by atoms with Gasteiger partial charge in [0.2, 0.25) is 5.91 Å². The number of aromatic nitrogens is 3. The Bertz CT molecular complexity index is 789. The van der Waals surface area contributed by atoms with Crippen LogP contribution in [0.4, 0.5) is 5.69 Å². The van der Waals surface area contributed by atoms with Crippen molar-refractivity contribution in [1.29, 1.82) is 0 Å². The number of hydrogen-bond donors (Lipinski definition) is 0. The summed E-state index contributed by atoms with van der Waals surface area (Å²) in [4.78, 5) is 14.3. The molecule has 2 aromatic carbocycles. The molecular formula is C18H18N4OS. The molecule has 0 radical (unpaired) electrons. The molecule has 0 unspecified atom stereocenters. The summed E-state index contributed by atoms with van der Waals surface area (Å²) in [5, 5.41) is 8.80. The fourth-order valence-electron chi connectivity index (χ4n) is 2.40. The van der Waals surface area contributed by atoms with Gasteiger partial charge in [-0.1, -0.05) is 48.2 Å². The summed E-state index contributed by atoms with van der Waals surface area (Å²) < 4.78 is 1.89. The minimum absolute atomic E-state index is 0.0521. The van der Waals surface area contributed by atoms with Crippen molar-refractivity contribution >= 4 is 23.4 Å². The molecule has 0 aliphatic carbocycles. The summed E-state index contributed by atoms with van der Waals surface area (Å²) in [6.45, 7) is 2.61. The lowest BCUT2D eigenvalue weighted by Crippen LogP contribution is -2.32. The highest BCUT2D eigenvalue weighted by Gasteiger charge is 2.16. The third-order valence-corrected chi connectivity index (χ3v) is 4.49. The number of para-hydroxylation sites is 2. The fourth-order valence-corrected chi connectivity index (χ4v) is 3.21. The van der Waals surface area contributed by atoms with E-state index >= 15 is 0 Å². The van der Waals surface area contributed by atoms with Gasteiger partial charge in [-0.05, 0) is 31.2 Å². The molecule has 5 nitrogen and oxygen atoms in total. The molecule has 6 heteroatoms. The van der Waals surface area contributed by atoms with E-state index in [9.17, 15) is 4.79 Å². The third kappa shape index (κ3) is 3.65. The maximum atomic E-state index is 12.6. The lowest BCUT2D eigenvalue weighted by atomic mass is 10.3. The van der Waals surface area contributed by atoms with Crippen LogP contribution in [0.25, 0.3) is 5.69 Å². The highest BCUT2D eigenvalue weighted by atomic mass is 32.2. The van der Waals surface area contributed by atoms with E-state index < -0.39 is 0 Å². The molecule has 1 aromatic heterocycles. The van der Waals surface area contributed by atoms with Crippen LogP contribution in [0.2, 0.25) is 0 Å². The number of amides is 1. The number of rotatable bonds is 6. The van der Waals surface area contributed by atoms with Crippen LogP contribution in [-0.2, 0) is 4.79 Å². The van der Waals surface area contributed by atoms with Crippen LogP contribution in [0.1, 0.15) is 6.92 Å². The number of carbonyl (C=O) groups is 1. The zero-order chi connectivity index (χ0) is 16.8. The van der Waals surface area contributed by atoms with Crippen molar-refractivity contribution in [3.05, 3.63) is 67.0 Å². The molecule has 3 rings (SSSR count). The Morgan fingerprint density at radius 2 is 1.75 bits per heavy atom. The summed E-state index contributed by atoms with van der Waals surface area (Å²) in [7, 11) is 0. The summed E-state index contributed by atoms with van der Waals surface area (Å²) in [5.41, 5.74) is 1.89. The molecule has 0 N–H and O–H groups in total. The second kappa shape index (κ2) is 7.79. The summed E-state index contributed by atoms with van der Waals surface area (Å²) in [6.07, 6.45) is 1.66. The van der Waals surface area contributed by atoms with Gasteiger partial charge in [-0.15, -0.1) is 10.2 Å². The van der Waals surface area contributed by atoms with E-state index in [0.29, 0.717) is 17.5 Å². The van der Waals surface area contributed by atoms with Crippen molar-refractivity contribution in [1.82, 2.24) is 14.8 Å². The molecule has 0 atom stereocenters. The predicted octanol–water partition coefficient (Wildman–Crippen LogP) is 3.41. The van der Waals surface area contributed by atoms with Crippen molar-refractivity contribution in [2.75, 3.05) is 17.2 Å². The molecule has 0 saturated heterocycles. The van der Waals surface area contributed by atoms with Gasteiger partial charge >= 0.3 is 0 Å². The Balaban J connectivity index is 1.70. The summed E-state index contributed by atoms with van der Waals surface area (Å²) >= 11 is 1.39. The van der Waals surface area contributed by atoms with Crippen molar-refractivity contribution in [2.24, 2.45) is 0 Å². The normalized spacial score (nSPS) is 10.5. The first-order valence-corrected chi connectivity index (χ1v) is 8.72. The average Bonchev–Trinajstić information content (AvgIpc) is 3.11. The molecule has 0 saturated carbocycles. The third-order valence-electron chi connectivity index (χ3n) is 3.56. The minimum Gasteiger partial charge on any atom is -0.312 e. The van der Waals surface area contributed by atoms with Crippen LogP contribution >= 0.6 is 11.8 Å². The number of anilines is 1. The molecular weight excluding hydrogens is 320 g/mol. The standard InChI is InChI=1S/C18H18N4OS/c1-2-21(15-9-5-3-6-10-15)17(23)13-24-18-20-19-14-22(18)16-11-7-4-8-12-16/h3-12,14H,2,13H2,1H3. The summed E-state index contributed by atoms with van der Waals surface area (Å²) in [6, 6.07) is 19.6. The van der Waals surface area contributed by atoms with E-state index in [2.05, 4.69) is 10.2 Å². The average molecular weight is 338 g/mol. The van der Waals surface area contributed by atoms with Crippen LogP contribution < -0.4 is 4.90 Å². The number of carbonyl (C=O) groups excluding carboxylic acids is 1. The van der Waals surface area contributed by atoms with Gasteiger partial charge in [0.15, 0.2) is 5.16 Å². The molecule has 1 heterocycles. The molecule has 24 heavy (non-hydrogen) atoms. The fraction of sp³-hybridized carbons (Fsp3) is 0.167. The minimum atomic E-state index is 0.0521. The Hall–Kier alpha value is -2.60. The first-order chi connectivity index (χ1) is 11.8. The summed E-state index contributed by atoms with van der Waals surface area (Å²) in [5.74, 6) is 0.366. The molecule has 0 aliphatic rings. The Morgan fingerprint density at radius 1 is 1.08 bits per heavy atom. The quantitative estimate of drug-likeness (QED) is 0.646. The van der Waals surface area contributed by atoms with Crippen molar-refractivity contribution < 1.29 is 4.79 Å². The van der Waals surface area contributed by atoms with Gasteiger partial charge in [0.1, 0.15) is 6.33 Å². The van der Waals surface area contributed by atoms with Gasteiger partial charge < -0.3 is 4.90 Å². The SMILES string of the molecule is CCN(C(=O)CSc1nncn1-c1ccccc1)c1ccccc1. The highest BCUT2D eigenvalue weighted by Crippen LogP contribution is 2.21. The van der Waals surface area contributed by atoms with E-state index in [1.807, 2.05) is 72.2 Å². The van der Waals surface area contributed by atoms with Crippen LogP contribution in [0.3, 0.4) is 0 Å². The van der Waals surface area contributed by atoms with Crippen LogP contribution in [0.15, 0.2) is 72.1 Å². The zero-order valence-corrected chi connectivity index (χ0v) is 14.2. The Morgan fingerprint density at radius 3 is 2.42 bits per heavy atom. The van der Waals surface area contributed by atoms with Gasteiger partial charge in [-0.2, -0.15) is 0 Å². The second-order valence-corrected chi connectivity index (χ2v) is 6.02. The number of thioether (sulfide) groups is 1. The van der Waals surface area contributed by atoms with Gasteiger partial charge in [0, 0.05) is 17.9 Å². The molecule has 3 aromatic rings.